The van der Waals surface area contributed by atoms with Crippen molar-refractivity contribution in [1.29, 1.82) is 0 Å². The molecule has 1 aromatic carbocycles. The quantitative estimate of drug-likeness (QED) is 0.686. The van der Waals surface area contributed by atoms with Gasteiger partial charge in [-0.15, -0.1) is 11.3 Å². The van der Waals surface area contributed by atoms with E-state index in [1.807, 2.05) is 19.1 Å². The summed E-state index contributed by atoms with van der Waals surface area (Å²) in [4.78, 5) is 0. The molecule has 0 saturated heterocycles. The summed E-state index contributed by atoms with van der Waals surface area (Å²) in [6.07, 6.45) is 0. The maximum Gasteiger partial charge on any atom is 0.119 e. The third-order valence-electron chi connectivity index (χ3n) is 1.80. The Kier molecular flexibility index (Phi) is 1.74. The average Bonchev–Trinajstić information content (AvgIpc) is 2.30. The largest absolute Gasteiger partial charge is 0.508 e. The highest BCUT2D eigenvalue weighted by molar-refractivity contribution is 7.22. The van der Waals surface area contributed by atoms with Crippen LogP contribution in [-0.2, 0) is 0 Å². The highest BCUT2D eigenvalue weighted by atomic mass is 35.5. The molecule has 1 aromatic heterocycles. The van der Waals surface area contributed by atoms with Crippen LogP contribution in [0.3, 0.4) is 0 Å². The number of phenols is 1. The second kappa shape index (κ2) is 2.64. The van der Waals surface area contributed by atoms with E-state index in [0.717, 1.165) is 20.0 Å². The van der Waals surface area contributed by atoms with Crippen molar-refractivity contribution in [2.45, 2.75) is 6.92 Å². The molecule has 1 nitrogen and oxygen atoms in total. The predicted octanol–water partition coefficient (Wildman–Crippen LogP) is 3.57. The smallest absolute Gasteiger partial charge is 0.119 e. The van der Waals surface area contributed by atoms with Gasteiger partial charge in [-0.1, -0.05) is 11.6 Å². The van der Waals surface area contributed by atoms with Crippen molar-refractivity contribution in [2.75, 3.05) is 0 Å². The van der Waals surface area contributed by atoms with Crippen LogP contribution in [0.4, 0.5) is 0 Å². The Morgan fingerprint density at radius 2 is 2.08 bits per heavy atom. The summed E-state index contributed by atoms with van der Waals surface area (Å²) in [6, 6.07) is 5.60. The number of fused-ring (bicyclic) bond motifs is 1. The second-order valence-corrected chi connectivity index (χ2v) is 4.44. The van der Waals surface area contributed by atoms with E-state index in [1.54, 1.807) is 6.07 Å². The second-order valence-electron chi connectivity index (χ2n) is 2.73. The van der Waals surface area contributed by atoms with Gasteiger partial charge in [0.1, 0.15) is 5.75 Å². The van der Waals surface area contributed by atoms with Crippen molar-refractivity contribution < 1.29 is 5.11 Å². The fourth-order valence-corrected chi connectivity index (χ4v) is 2.33. The van der Waals surface area contributed by atoms with Crippen molar-refractivity contribution in [1.82, 2.24) is 0 Å². The molecular weight excluding hydrogens is 192 g/mol. The zero-order chi connectivity index (χ0) is 8.72. The molecule has 0 saturated carbocycles. The standard InChI is InChI=1S/C9H7ClOS/c1-5-2-6-3-9(10)12-8(6)4-7(5)11/h2-4,11H,1H3. The van der Waals surface area contributed by atoms with Crippen molar-refractivity contribution in [3.63, 3.8) is 0 Å². The van der Waals surface area contributed by atoms with E-state index in [2.05, 4.69) is 0 Å². The number of rotatable bonds is 0. The van der Waals surface area contributed by atoms with Crippen molar-refractivity contribution >= 4 is 33.0 Å². The minimum absolute atomic E-state index is 0.334. The van der Waals surface area contributed by atoms with Crippen LogP contribution < -0.4 is 0 Å². The molecule has 1 N–H and O–H groups in total. The van der Waals surface area contributed by atoms with Crippen LogP contribution in [0.25, 0.3) is 10.1 Å². The monoisotopic (exact) mass is 198 g/mol. The Labute approximate surface area is 79.2 Å². The van der Waals surface area contributed by atoms with Gasteiger partial charge in [0.2, 0.25) is 0 Å². The van der Waals surface area contributed by atoms with Gasteiger partial charge < -0.3 is 5.11 Å². The third kappa shape index (κ3) is 1.17. The van der Waals surface area contributed by atoms with E-state index in [1.165, 1.54) is 11.3 Å². The summed E-state index contributed by atoms with van der Waals surface area (Å²) in [5.41, 5.74) is 0.886. The number of phenolic OH excluding ortho intramolecular Hbond substituents is 1. The van der Waals surface area contributed by atoms with Gasteiger partial charge >= 0.3 is 0 Å². The van der Waals surface area contributed by atoms with Crippen LogP contribution in [0.15, 0.2) is 18.2 Å². The van der Waals surface area contributed by atoms with E-state index < -0.39 is 0 Å². The minimum Gasteiger partial charge on any atom is -0.508 e. The first-order valence-electron chi connectivity index (χ1n) is 3.55. The number of aryl methyl sites for hydroxylation is 1. The lowest BCUT2D eigenvalue weighted by molar-refractivity contribution is 0.472. The molecule has 0 unspecified atom stereocenters. The van der Waals surface area contributed by atoms with Crippen LogP contribution in [0.5, 0.6) is 5.75 Å². The molecule has 0 aliphatic rings. The molecule has 0 aliphatic heterocycles. The van der Waals surface area contributed by atoms with Gasteiger partial charge in [-0.3, -0.25) is 0 Å². The van der Waals surface area contributed by atoms with Crippen molar-refractivity contribution in [2.24, 2.45) is 0 Å². The van der Waals surface area contributed by atoms with Crippen LogP contribution >= 0.6 is 22.9 Å². The summed E-state index contributed by atoms with van der Waals surface area (Å²) < 4.78 is 1.79. The van der Waals surface area contributed by atoms with Crippen LogP contribution in [0.1, 0.15) is 5.56 Å². The lowest BCUT2D eigenvalue weighted by Crippen LogP contribution is -1.72. The topological polar surface area (TPSA) is 20.2 Å². The summed E-state index contributed by atoms with van der Waals surface area (Å²) in [7, 11) is 0. The van der Waals surface area contributed by atoms with Crippen LogP contribution in [0.2, 0.25) is 4.34 Å². The molecule has 0 fully saturated rings. The van der Waals surface area contributed by atoms with Gasteiger partial charge in [0, 0.05) is 4.70 Å². The number of halogens is 1. The van der Waals surface area contributed by atoms with Gasteiger partial charge in [-0.25, -0.2) is 0 Å². The SMILES string of the molecule is Cc1cc2cc(Cl)sc2cc1O. The molecular formula is C9H7ClOS. The molecule has 2 aromatic rings. The third-order valence-corrected chi connectivity index (χ3v) is 3.03. The molecule has 0 bridgehead atoms. The highest BCUT2D eigenvalue weighted by Crippen LogP contribution is 2.33. The Morgan fingerprint density at radius 3 is 2.83 bits per heavy atom. The molecule has 0 spiro atoms. The maximum absolute atomic E-state index is 9.39. The number of thiophene rings is 1. The van der Waals surface area contributed by atoms with Crippen LogP contribution in [0, 0.1) is 6.92 Å². The molecule has 3 heteroatoms. The zero-order valence-electron chi connectivity index (χ0n) is 6.47. The molecule has 0 aliphatic carbocycles. The average molecular weight is 199 g/mol. The van der Waals surface area contributed by atoms with Gasteiger partial charge in [0.05, 0.1) is 4.34 Å². The minimum atomic E-state index is 0.334. The lowest BCUT2D eigenvalue weighted by Gasteiger charge is -1.96. The fraction of sp³-hybridized carbons (Fsp3) is 0.111. The molecule has 62 valence electrons. The first kappa shape index (κ1) is 7.90. The Bertz CT molecular complexity index is 394. The number of aromatic hydroxyl groups is 1. The van der Waals surface area contributed by atoms with E-state index in [0.29, 0.717) is 5.75 Å². The van der Waals surface area contributed by atoms with Crippen molar-refractivity contribution in [3.05, 3.63) is 28.1 Å². The Hall–Kier alpha value is -0.730. The van der Waals surface area contributed by atoms with E-state index in [4.69, 9.17) is 11.6 Å². The van der Waals surface area contributed by atoms with Gasteiger partial charge in [-0.05, 0) is 36.1 Å². The molecule has 0 radical (unpaired) electrons. The maximum atomic E-state index is 9.39. The van der Waals surface area contributed by atoms with E-state index in [-0.39, 0.29) is 0 Å². The normalized spacial score (nSPS) is 10.8. The van der Waals surface area contributed by atoms with Gasteiger partial charge in [0.25, 0.3) is 0 Å². The molecule has 1 heterocycles. The molecule has 0 atom stereocenters. The molecule has 0 amide bonds. The summed E-state index contributed by atoms with van der Waals surface area (Å²) in [5.74, 6) is 0.334. The molecule has 12 heavy (non-hydrogen) atoms. The first-order valence-corrected chi connectivity index (χ1v) is 4.75. The van der Waals surface area contributed by atoms with Gasteiger partial charge in [-0.2, -0.15) is 0 Å². The van der Waals surface area contributed by atoms with E-state index in [9.17, 15) is 5.11 Å². The summed E-state index contributed by atoms with van der Waals surface area (Å²) in [5, 5.41) is 10.5. The summed E-state index contributed by atoms with van der Waals surface area (Å²) >= 11 is 7.31. The predicted molar refractivity (Wildman–Crippen MR) is 53.2 cm³/mol. The zero-order valence-corrected chi connectivity index (χ0v) is 8.04. The number of hydrogen-bond acceptors (Lipinski definition) is 2. The number of hydrogen-bond donors (Lipinski definition) is 1. The molecule has 2 rings (SSSR count). The highest BCUT2D eigenvalue weighted by Gasteiger charge is 2.02. The Morgan fingerprint density at radius 1 is 1.33 bits per heavy atom. The van der Waals surface area contributed by atoms with E-state index >= 15 is 0 Å². The van der Waals surface area contributed by atoms with Gasteiger partial charge in [0.15, 0.2) is 0 Å². The number of benzene rings is 1. The fourth-order valence-electron chi connectivity index (χ4n) is 1.16. The Balaban J connectivity index is 2.83. The van der Waals surface area contributed by atoms with Crippen molar-refractivity contribution in [3.8, 4) is 5.75 Å². The summed E-state index contributed by atoms with van der Waals surface area (Å²) in [6.45, 7) is 1.88. The first-order chi connectivity index (χ1) is 5.66. The van der Waals surface area contributed by atoms with Crippen LogP contribution in [-0.4, -0.2) is 5.11 Å². The lowest BCUT2D eigenvalue weighted by atomic mass is 10.2.